The Labute approximate surface area is 204 Å². The van der Waals surface area contributed by atoms with Gasteiger partial charge >= 0.3 is 0 Å². The van der Waals surface area contributed by atoms with E-state index in [1.165, 1.54) is 24.3 Å². The Kier molecular flexibility index (Phi) is 6.43. The molecule has 0 unspecified atom stereocenters. The van der Waals surface area contributed by atoms with Crippen LogP contribution in [-0.4, -0.2) is 42.2 Å². The number of rotatable bonds is 5. The smallest absolute Gasteiger partial charge is 0.255 e. The normalized spacial score (nSPS) is 13.6. The van der Waals surface area contributed by atoms with E-state index in [1.54, 1.807) is 24.4 Å². The Morgan fingerprint density at radius 1 is 1.06 bits per heavy atom. The van der Waals surface area contributed by atoms with E-state index < -0.39 is 17.5 Å². The van der Waals surface area contributed by atoms with Crippen molar-refractivity contribution in [2.24, 2.45) is 0 Å². The van der Waals surface area contributed by atoms with Gasteiger partial charge < -0.3 is 19.7 Å². The van der Waals surface area contributed by atoms with Gasteiger partial charge in [0.1, 0.15) is 22.4 Å². The van der Waals surface area contributed by atoms with Gasteiger partial charge in [-0.3, -0.25) is 9.78 Å². The van der Waals surface area contributed by atoms with E-state index in [-0.39, 0.29) is 22.0 Å². The lowest BCUT2D eigenvalue weighted by molar-refractivity contribution is 0.102. The molecule has 4 aromatic rings. The van der Waals surface area contributed by atoms with Crippen LogP contribution < -0.4 is 15.0 Å². The molecule has 0 bridgehead atoms. The molecule has 3 aromatic carbocycles. The van der Waals surface area contributed by atoms with Crippen molar-refractivity contribution in [1.29, 1.82) is 0 Å². The second-order valence-electron chi connectivity index (χ2n) is 7.78. The fourth-order valence-corrected chi connectivity index (χ4v) is 3.89. The van der Waals surface area contributed by atoms with Gasteiger partial charge in [0, 0.05) is 24.7 Å². The number of halogens is 3. The lowest BCUT2D eigenvalue weighted by atomic mass is 10.2. The number of hydrogen-bond acceptors (Lipinski definition) is 6. The number of hydrogen-bond donors (Lipinski definition) is 1. The Morgan fingerprint density at radius 3 is 2.69 bits per heavy atom. The molecule has 1 saturated heterocycles. The highest BCUT2D eigenvalue weighted by molar-refractivity contribution is 6.35. The van der Waals surface area contributed by atoms with E-state index >= 15 is 0 Å². The number of aromatic nitrogens is 2. The Morgan fingerprint density at radius 2 is 1.89 bits per heavy atom. The van der Waals surface area contributed by atoms with Crippen LogP contribution in [0.15, 0.2) is 60.8 Å². The number of carbonyl (C=O) groups excluding carboxylic acids is 1. The van der Waals surface area contributed by atoms with Crippen molar-refractivity contribution in [1.82, 2.24) is 9.97 Å². The summed E-state index contributed by atoms with van der Waals surface area (Å²) in [7, 11) is 0. The third-order valence-corrected chi connectivity index (χ3v) is 5.82. The molecule has 0 radical (unpaired) electrons. The molecule has 7 nitrogen and oxygen atoms in total. The standard InChI is InChI=1S/C25H19ClF2N4O3/c26-23-20(31-25(33)15-2-1-3-16(27)12-15)7-5-18(28)24(23)35-17-4-6-19-21(13-17)30-22(14-29-19)32-8-10-34-11-9-32/h1-7,12-14H,8-11H2,(H,31,33). The quantitative estimate of drug-likeness (QED) is 0.396. The minimum Gasteiger partial charge on any atom is -0.453 e. The SMILES string of the molecule is O=C(Nc1ccc(F)c(Oc2ccc3ncc(N4CCOCC4)nc3c2)c1Cl)c1cccc(F)c1. The highest BCUT2D eigenvalue weighted by atomic mass is 35.5. The summed E-state index contributed by atoms with van der Waals surface area (Å²) in [5.74, 6) is -1.12. The van der Waals surface area contributed by atoms with Gasteiger partial charge in [-0.25, -0.2) is 13.8 Å². The van der Waals surface area contributed by atoms with Crippen LogP contribution >= 0.6 is 11.6 Å². The summed E-state index contributed by atoms with van der Waals surface area (Å²) in [6, 6.07) is 12.6. The minimum atomic E-state index is -0.716. The summed E-state index contributed by atoms with van der Waals surface area (Å²) < 4.78 is 39.2. The maximum atomic E-state index is 14.6. The highest BCUT2D eigenvalue weighted by Gasteiger charge is 2.18. The van der Waals surface area contributed by atoms with Gasteiger partial charge in [0.15, 0.2) is 11.6 Å². The van der Waals surface area contributed by atoms with E-state index in [0.29, 0.717) is 48.9 Å². The highest BCUT2D eigenvalue weighted by Crippen LogP contribution is 2.38. The van der Waals surface area contributed by atoms with Gasteiger partial charge in [-0.15, -0.1) is 0 Å². The molecule has 1 aliphatic heterocycles. The summed E-state index contributed by atoms with van der Waals surface area (Å²) in [5, 5.41) is 2.42. The van der Waals surface area contributed by atoms with Gasteiger partial charge in [0.05, 0.1) is 36.1 Å². The van der Waals surface area contributed by atoms with Crippen molar-refractivity contribution in [2.75, 3.05) is 36.5 Å². The molecule has 0 spiro atoms. The molecule has 0 saturated carbocycles. The van der Waals surface area contributed by atoms with Crippen LogP contribution in [0.5, 0.6) is 11.5 Å². The van der Waals surface area contributed by atoms with Crippen molar-refractivity contribution < 1.29 is 23.0 Å². The molecule has 1 aliphatic rings. The number of nitrogens with zero attached hydrogens (tertiary/aromatic N) is 3. The molecular formula is C25H19ClF2N4O3. The Hall–Kier alpha value is -3.82. The first-order valence-corrected chi connectivity index (χ1v) is 11.2. The van der Waals surface area contributed by atoms with E-state index in [0.717, 1.165) is 12.1 Å². The number of benzene rings is 3. The second-order valence-corrected chi connectivity index (χ2v) is 8.16. The first-order valence-electron chi connectivity index (χ1n) is 10.8. The predicted molar refractivity (Wildman–Crippen MR) is 128 cm³/mol. The maximum absolute atomic E-state index is 14.6. The number of amides is 1. The van der Waals surface area contributed by atoms with Gasteiger partial charge in [-0.2, -0.15) is 0 Å². The number of carbonyl (C=O) groups is 1. The fraction of sp³-hybridized carbons (Fsp3) is 0.160. The van der Waals surface area contributed by atoms with E-state index in [2.05, 4.69) is 20.2 Å². The van der Waals surface area contributed by atoms with Crippen molar-refractivity contribution >= 4 is 40.0 Å². The topological polar surface area (TPSA) is 76.6 Å². The van der Waals surface area contributed by atoms with Crippen molar-refractivity contribution in [3.8, 4) is 11.5 Å². The second kappa shape index (κ2) is 9.81. The van der Waals surface area contributed by atoms with Crippen LogP contribution in [0.4, 0.5) is 20.3 Å². The van der Waals surface area contributed by atoms with Crippen molar-refractivity contribution in [2.45, 2.75) is 0 Å². The van der Waals surface area contributed by atoms with Crippen LogP contribution in [-0.2, 0) is 4.74 Å². The lowest BCUT2D eigenvalue weighted by Gasteiger charge is -2.27. The molecule has 1 aromatic heterocycles. The molecule has 5 rings (SSSR count). The average molecular weight is 497 g/mol. The molecule has 0 atom stereocenters. The number of nitrogens with one attached hydrogen (secondary N) is 1. The summed E-state index contributed by atoms with van der Waals surface area (Å²) >= 11 is 6.37. The molecule has 35 heavy (non-hydrogen) atoms. The van der Waals surface area contributed by atoms with E-state index in [9.17, 15) is 13.6 Å². The molecule has 0 aliphatic carbocycles. The van der Waals surface area contributed by atoms with E-state index in [1.807, 2.05) is 0 Å². The monoisotopic (exact) mass is 496 g/mol. The largest absolute Gasteiger partial charge is 0.453 e. The summed E-state index contributed by atoms with van der Waals surface area (Å²) in [4.78, 5) is 23.7. The number of ether oxygens (including phenoxy) is 2. The summed E-state index contributed by atoms with van der Waals surface area (Å²) in [6.07, 6.45) is 1.70. The van der Waals surface area contributed by atoms with Gasteiger partial charge in [-0.05, 0) is 42.5 Å². The van der Waals surface area contributed by atoms with Crippen LogP contribution in [0.1, 0.15) is 10.4 Å². The van der Waals surface area contributed by atoms with Gasteiger partial charge in [0.2, 0.25) is 0 Å². The van der Waals surface area contributed by atoms with Crippen molar-refractivity contribution in [3.05, 3.63) is 83.0 Å². The van der Waals surface area contributed by atoms with Crippen LogP contribution in [0.2, 0.25) is 5.02 Å². The van der Waals surface area contributed by atoms with Gasteiger partial charge in [0.25, 0.3) is 5.91 Å². The lowest BCUT2D eigenvalue weighted by Crippen LogP contribution is -2.36. The van der Waals surface area contributed by atoms with Crippen LogP contribution in [0.3, 0.4) is 0 Å². The summed E-state index contributed by atoms with van der Waals surface area (Å²) in [6.45, 7) is 2.66. The third kappa shape index (κ3) is 5.01. The third-order valence-electron chi connectivity index (χ3n) is 5.44. The minimum absolute atomic E-state index is 0.0945. The average Bonchev–Trinajstić information content (AvgIpc) is 2.88. The van der Waals surface area contributed by atoms with Gasteiger partial charge in [-0.1, -0.05) is 17.7 Å². The number of anilines is 2. The predicted octanol–water partition coefficient (Wildman–Crippen LogP) is 5.44. The maximum Gasteiger partial charge on any atom is 0.255 e. The fourth-order valence-electron chi connectivity index (χ4n) is 3.65. The number of morpholine rings is 1. The number of fused-ring (bicyclic) bond motifs is 1. The molecule has 178 valence electrons. The van der Waals surface area contributed by atoms with E-state index in [4.69, 9.17) is 21.1 Å². The first-order chi connectivity index (χ1) is 17.0. The Balaban J connectivity index is 1.40. The zero-order valence-electron chi connectivity index (χ0n) is 18.3. The summed E-state index contributed by atoms with van der Waals surface area (Å²) in [5.41, 5.74) is 1.43. The van der Waals surface area contributed by atoms with Crippen LogP contribution in [0, 0.1) is 11.6 Å². The molecule has 1 amide bonds. The molecular weight excluding hydrogens is 478 g/mol. The molecule has 1 N–H and O–H groups in total. The molecule has 2 heterocycles. The zero-order valence-corrected chi connectivity index (χ0v) is 19.1. The Bertz CT molecular complexity index is 1410. The molecule has 1 fully saturated rings. The van der Waals surface area contributed by atoms with Crippen molar-refractivity contribution in [3.63, 3.8) is 0 Å². The first kappa shape index (κ1) is 22.9. The zero-order chi connectivity index (χ0) is 24.4. The van der Waals surface area contributed by atoms with Crippen LogP contribution in [0.25, 0.3) is 11.0 Å². The molecule has 10 heteroatoms.